The van der Waals surface area contributed by atoms with Crippen LogP contribution >= 0.6 is 0 Å². The molecule has 2 aromatic rings. The van der Waals surface area contributed by atoms with Crippen molar-refractivity contribution in [3.63, 3.8) is 0 Å². The van der Waals surface area contributed by atoms with Gasteiger partial charge in [0.15, 0.2) is 0 Å². The number of carbonyl (C=O) groups is 2. The summed E-state index contributed by atoms with van der Waals surface area (Å²) in [4.78, 5) is 24.5. The SMILES string of the molecule is COCC(Nc1ccc(C(=O)NC[C@H]2CC[C@H](C(=O)OC)CC2)cc1C#N)c1cc(C#N)ccc1OC. The molecule has 1 saturated carbocycles. The second-order valence-corrected chi connectivity index (χ2v) is 9.04. The van der Waals surface area contributed by atoms with E-state index in [-0.39, 0.29) is 24.4 Å². The highest BCUT2D eigenvalue weighted by atomic mass is 16.5. The highest BCUT2D eigenvalue weighted by molar-refractivity contribution is 5.95. The van der Waals surface area contributed by atoms with Crippen LogP contribution in [0.5, 0.6) is 5.75 Å². The number of nitrogens with one attached hydrogen (secondary N) is 2. The van der Waals surface area contributed by atoms with Gasteiger partial charge in [0.1, 0.15) is 11.8 Å². The maximum atomic E-state index is 12.8. The first kappa shape index (κ1) is 27.5. The Labute approximate surface area is 217 Å². The van der Waals surface area contributed by atoms with Crippen LogP contribution in [-0.2, 0) is 14.3 Å². The molecular formula is C28H32N4O5. The van der Waals surface area contributed by atoms with E-state index in [0.717, 1.165) is 31.2 Å². The lowest BCUT2D eigenvalue weighted by Gasteiger charge is -2.27. The molecule has 3 rings (SSSR count). The van der Waals surface area contributed by atoms with Crippen LogP contribution in [0.25, 0.3) is 0 Å². The zero-order chi connectivity index (χ0) is 26.8. The molecule has 0 radical (unpaired) electrons. The summed E-state index contributed by atoms with van der Waals surface area (Å²) in [7, 11) is 4.52. The topological polar surface area (TPSA) is 133 Å². The number of amides is 1. The summed E-state index contributed by atoms with van der Waals surface area (Å²) in [5.74, 6) is 0.414. The smallest absolute Gasteiger partial charge is 0.308 e. The van der Waals surface area contributed by atoms with E-state index >= 15 is 0 Å². The lowest BCUT2D eigenvalue weighted by atomic mass is 9.82. The van der Waals surface area contributed by atoms with E-state index in [4.69, 9.17) is 14.2 Å². The zero-order valence-corrected chi connectivity index (χ0v) is 21.4. The Balaban J connectivity index is 1.69. The molecule has 2 aromatic carbocycles. The molecule has 0 heterocycles. The first-order chi connectivity index (χ1) is 17.9. The van der Waals surface area contributed by atoms with E-state index in [1.807, 2.05) is 0 Å². The molecule has 37 heavy (non-hydrogen) atoms. The van der Waals surface area contributed by atoms with Gasteiger partial charge in [-0.05, 0) is 68.0 Å². The number of hydrogen-bond donors (Lipinski definition) is 2. The summed E-state index contributed by atoms with van der Waals surface area (Å²) < 4.78 is 15.7. The molecule has 0 aromatic heterocycles. The number of nitrogens with zero attached hydrogens (tertiary/aromatic N) is 2. The Morgan fingerprint density at radius 2 is 1.78 bits per heavy atom. The molecule has 1 amide bonds. The van der Waals surface area contributed by atoms with Crippen LogP contribution in [0.3, 0.4) is 0 Å². The minimum absolute atomic E-state index is 0.0561. The fraction of sp³-hybridized carbons (Fsp3) is 0.429. The van der Waals surface area contributed by atoms with Crippen LogP contribution in [0.15, 0.2) is 36.4 Å². The number of carbonyl (C=O) groups excluding carboxylic acids is 2. The van der Waals surface area contributed by atoms with E-state index in [1.54, 1.807) is 50.6 Å². The second-order valence-electron chi connectivity index (χ2n) is 9.04. The van der Waals surface area contributed by atoms with Gasteiger partial charge in [0.2, 0.25) is 0 Å². The van der Waals surface area contributed by atoms with Crippen LogP contribution < -0.4 is 15.4 Å². The summed E-state index contributed by atoms with van der Waals surface area (Å²) in [6.07, 6.45) is 3.22. The Morgan fingerprint density at radius 3 is 2.41 bits per heavy atom. The van der Waals surface area contributed by atoms with Gasteiger partial charge in [0, 0.05) is 24.8 Å². The number of esters is 1. The molecule has 194 valence electrons. The van der Waals surface area contributed by atoms with Crippen molar-refractivity contribution < 1.29 is 23.8 Å². The van der Waals surface area contributed by atoms with Crippen molar-refractivity contribution in [2.75, 3.05) is 39.8 Å². The monoisotopic (exact) mass is 504 g/mol. The fourth-order valence-corrected chi connectivity index (χ4v) is 4.65. The predicted octanol–water partition coefficient (Wildman–Crippen LogP) is 3.95. The van der Waals surface area contributed by atoms with Crippen molar-refractivity contribution in [1.82, 2.24) is 5.32 Å². The number of rotatable bonds is 10. The number of nitriles is 2. The van der Waals surface area contributed by atoms with Gasteiger partial charge in [-0.25, -0.2) is 0 Å². The van der Waals surface area contributed by atoms with Crippen LogP contribution in [0, 0.1) is 34.5 Å². The quantitative estimate of drug-likeness (QED) is 0.465. The molecule has 9 nitrogen and oxygen atoms in total. The lowest BCUT2D eigenvalue weighted by Crippen LogP contribution is -2.32. The van der Waals surface area contributed by atoms with Crippen molar-refractivity contribution in [3.8, 4) is 17.9 Å². The van der Waals surface area contributed by atoms with Crippen LogP contribution in [0.4, 0.5) is 5.69 Å². The molecule has 0 saturated heterocycles. The van der Waals surface area contributed by atoms with E-state index in [0.29, 0.717) is 40.6 Å². The van der Waals surface area contributed by atoms with Crippen molar-refractivity contribution in [3.05, 3.63) is 58.7 Å². The summed E-state index contributed by atoms with van der Waals surface area (Å²) in [6.45, 7) is 0.774. The van der Waals surface area contributed by atoms with E-state index in [2.05, 4.69) is 22.8 Å². The maximum absolute atomic E-state index is 12.8. The van der Waals surface area contributed by atoms with Gasteiger partial charge in [0.05, 0.1) is 55.7 Å². The minimum Gasteiger partial charge on any atom is -0.496 e. The highest BCUT2D eigenvalue weighted by Gasteiger charge is 2.27. The molecule has 0 spiro atoms. The Bertz CT molecular complexity index is 1190. The van der Waals surface area contributed by atoms with Gasteiger partial charge in [0.25, 0.3) is 5.91 Å². The van der Waals surface area contributed by atoms with Gasteiger partial charge in [-0.1, -0.05) is 0 Å². The fourth-order valence-electron chi connectivity index (χ4n) is 4.65. The summed E-state index contributed by atoms with van der Waals surface area (Å²) in [5.41, 5.74) is 2.42. The first-order valence-electron chi connectivity index (χ1n) is 12.2. The van der Waals surface area contributed by atoms with Gasteiger partial charge in [-0.15, -0.1) is 0 Å². The lowest BCUT2D eigenvalue weighted by molar-refractivity contribution is -0.146. The first-order valence-corrected chi connectivity index (χ1v) is 12.2. The molecule has 9 heteroatoms. The van der Waals surface area contributed by atoms with Crippen molar-refractivity contribution >= 4 is 17.6 Å². The molecule has 0 aliphatic heterocycles. The van der Waals surface area contributed by atoms with Crippen LogP contribution in [0.1, 0.15) is 58.8 Å². The number of anilines is 1. The highest BCUT2D eigenvalue weighted by Crippen LogP contribution is 2.31. The Morgan fingerprint density at radius 1 is 1.03 bits per heavy atom. The molecule has 0 bridgehead atoms. The van der Waals surface area contributed by atoms with Crippen molar-refractivity contribution in [1.29, 1.82) is 10.5 Å². The third kappa shape index (κ3) is 6.99. The Kier molecular flexibility index (Phi) is 9.88. The van der Waals surface area contributed by atoms with Crippen molar-refractivity contribution in [2.24, 2.45) is 11.8 Å². The minimum atomic E-state index is -0.403. The van der Waals surface area contributed by atoms with E-state index in [1.165, 1.54) is 7.11 Å². The largest absolute Gasteiger partial charge is 0.496 e. The number of ether oxygens (including phenoxy) is 3. The summed E-state index contributed by atoms with van der Waals surface area (Å²) in [5, 5.41) is 25.4. The third-order valence-electron chi connectivity index (χ3n) is 6.73. The summed E-state index contributed by atoms with van der Waals surface area (Å²) >= 11 is 0. The molecule has 1 aliphatic rings. The number of methoxy groups -OCH3 is 3. The average Bonchev–Trinajstić information content (AvgIpc) is 2.95. The third-order valence-corrected chi connectivity index (χ3v) is 6.73. The van der Waals surface area contributed by atoms with E-state index in [9.17, 15) is 20.1 Å². The molecular weight excluding hydrogens is 472 g/mol. The molecule has 1 unspecified atom stereocenters. The van der Waals surface area contributed by atoms with Crippen LogP contribution in [-0.4, -0.2) is 46.4 Å². The standard InChI is InChI=1S/C28H32N4O5/c1-35-17-25(23-12-19(14-29)6-11-26(23)36-2)32-24-10-9-21(13-22(24)15-30)27(33)31-16-18-4-7-20(8-5-18)28(34)37-3/h6,9-13,18,20,25,32H,4-5,7-8,16-17H2,1-3H3,(H,31,33)/t18-,20-,25?. The second kappa shape index (κ2) is 13.3. The average molecular weight is 505 g/mol. The number of benzene rings is 2. The predicted molar refractivity (Wildman–Crippen MR) is 137 cm³/mol. The van der Waals surface area contributed by atoms with Gasteiger partial charge in [-0.3, -0.25) is 9.59 Å². The summed E-state index contributed by atoms with van der Waals surface area (Å²) in [6, 6.07) is 13.9. The molecule has 1 aliphatic carbocycles. The van der Waals surface area contributed by atoms with Gasteiger partial charge >= 0.3 is 5.97 Å². The maximum Gasteiger partial charge on any atom is 0.308 e. The van der Waals surface area contributed by atoms with E-state index < -0.39 is 6.04 Å². The zero-order valence-electron chi connectivity index (χ0n) is 21.4. The normalized spacial score (nSPS) is 17.5. The number of hydrogen-bond acceptors (Lipinski definition) is 8. The molecule has 1 fully saturated rings. The molecule has 1 atom stereocenters. The van der Waals surface area contributed by atoms with Gasteiger partial charge < -0.3 is 24.8 Å². The Hall–Kier alpha value is -4.08. The van der Waals surface area contributed by atoms with Crippen LogP contribution in [0.2, 0.25) is 0 Å². The van der Waals surface area contributed by atoms with Crippen molar-refractivity contribution in [2.45, 2.75) is 31.7 Å². The molecule has 2 N–H and O–H groups in total. The van der Waals surface area contributed by atoms with Gasteiger partial charge in [-0.2, -0.15) is 10.5 Å².